The van der Waals surface area contributed by atoms with Crippen molar-refractivity contribution in [2.75, 3.05) is 40.1 Å². The summed E-state index contributed by atoms with van der Waals surface area (Å²) in [6.45, 7) is -0.0898. The van der Waals surface area contributed by atoms with Crippen LogP contribution in [0.1, 0.15) is 10.4 Å². The van der Waals surface area contributed by atoms with E-state index in [-0.39, 0.29) is 29.7 Å². The van der Waals surface area contributed by atoms with E-state index in [2.05, 4.69) is 5.32 Å². The number of carbonyl (C=O) groups excluding carboxylic acids is 2. The van der Waals surface area contributed by atoms with Crippen LogP contribution in [0.3, 0.4) is 0 Å². The third-order valence-electron chi connectivity index (χ3n) is 2.78. The Morgan fingerprint density at radius 1 is 1.19 bits per heavy atom. The fourth-order valence-electron chi connectivity index (χ4n) is 1.56. The number of nitrogens with zero attached hydrogens (tertiary/aromatic N) is 3. The summed E-state index contributed by atoms with van der Waals surface area (Å²) < 4.78 is 0. The van der Waals surface area contributed by atoms with E-state index in [1.54, 1.807) is 28.2 Å². The molecule has 0 aromatic heterocycles. The predicted molar refractivity (Wildman–Crippen MR) is 78.3 cm³/mol. The van der Waals surface area contributed by atoms with Crippen molar-refractivity contribution in [2.45, 2.75) is 0 Å². The molecule has 0 spiro atoms. The molecule has 0 unspecified atom stereocenters. The molecule has 0 aliphatic carbocycles. The van der Waals surface area contributed by atoms with Crippen molar-refractivity contribution < 1.29 is 14.5 Å². The fourth-order valence-corrected chi connectivity index (χ4v) is 1.56. The van der Waals surface area contributed by atoms with E-state index in [0.717, 1.165) is 0 Å². The highest BCUT2D eigenvalue weighted by atomic mass is 16.6. The van der Waals surface area contributed by atoms with Crippen LogP contribution in [0.2, 0.25) is 0 Å². The Morgan fingerprint density at radius 2 is 1.81 bits per heavy atom. The van der Waals surface area contributed by atoms with E-state index in [9.17, 15) is 19.7 Å². The van der Waals surface area contributed by atoms with Crippen LogP contribution >= 0.6 is 0 Å². The van der Waals surface area contributed by atoms with Gasteiger partial charge >= 0.3 is 0 Å². The summed E-state index contributed by atoms with van der Waals surface area (Å²) in [6, 6.07) is 4.02. The molecular formula is C13H18N4O4. The first kappa shape index (κ1) is 16.4. The Kier molecular flexibility index (Phi) is 5.23. The number of nitro groups is 1. The van der Waals surface area contributed by atoms with E-state index in [0.29, 0.717) is 5.56 Å². The highest BCUT2D eigenvalue weighted by Gasteiger charge is 2.18. The number of anilines is 1. The number of nitro benzene ring substituents is 1. The molecule has 1 N–H and O–H groups in total. The lowest BCUT2D eigenvalue weighted by Gasteiger charge is -2.14. The molecular weight excluding hydrogens is 276 g/mol. The van der Waals surface area contributed by atoms with Gasteiger partial charge in [-0.1, -0.05) is 0 Å². The van der Waals surface area contributed by atoms with Crippen LogP contribution in [-0.2, 0) is 4.79 Å². The van der Waals surface area contributed by atoms with Gasteiger partial charge in [-0.05, 0) is 12.1 Å². The molecule has 0 radical (unpaired) electrons. The van der Waals surface area contributed by atoms with Crippen molar-refractivity contribution in [1.82, 2.24) is 9.80 Å². The van der Waals surface area contributed by atoms with E-state index in [1.165, 1.54) is 28.0 Å². The third kappa shape index (κ3) is 4.16. The van der Waals surface area contributed by atoms with Crippen molar-refractivity contribution in [1.29, 1.82) is 0 Å². The van der Waals surface area contributed by atoms with E-state index in [4.69, 9.17) is 0 Å². The summed E-state index contributed by atoms with van der Waals surface area (Å²) in [5.41, 5.74) is 0.269. The first-order chi connectivity index (χ1) is 9.73. The van der Waals surface area contributed by atoms with Gasteiger partial charge in [0, 0.05) is 39.8 Å². The van der Waals surface area contributed by atoms with Crippen LogP contribution < -0.4 is 5.32 Å². The average Bonchev–Trinajstić information content (AvgIpc) is 2.42. The van der Waals surface area contributed by atoms with Gasteiger partial charge in [0.15, 0.2) is 0 Å². The summed E-state index contributed by atoms with van der Waals surface area (Å²) in [6.07, 6.45) is 0. The minimum absolute atomic E-state index is 0.0898. The maximum atomic E-state index is 11.9. The van der Waals surface area contributed by atoms with Gasteiger partial charge in [-0.25, -0.2) is 0 Å². The highest BCUT2D eigenvalue weighted by Crippen LogP contribution is 2.25. The molecule has 114 valence electrons. The monoisotopic (exact) mass is 294 g/mol. The Labute approximate surface area is 122 Å². The number of likely N-dealkylation sites (N-methyl/N-ethyl adjacent to an activating group) is 1. The molecule has 0 heterocycles. The Bertz CT molecular complexity index is 569. The minimum Gasteiger partial charge on any atom is -0.371 e. The third-order valence-corrected chi connectivity index (χ3v) is 2.78. The first-order valence-electron chi connectivity index (χ1n) is 6.18. The average molecular weight is 294 g/mol. The smallest absolute Gasteiger partial charge is 0.292 e. The molecule has 0 saturated heterocycles. The van der Waals surface area contributed by atoms with Gasteiger partial charge in [0.1, 0.15) is 5.69 Å². The molecule has 0 atom stereocenters. The van der Waals surface area contributed by atoms with E-state index in [1.807, 2.05) is 0 Å². The van der Waals surface area contributed by atoms with Crippen molar-refractivity contribution in [3.8, 4) is 0 Å². The molecule has 1 rings (SSSR count). The maximum Gasteiger partial charge on any atom is 0.292 e. The lowest BCUT2D eigenvalue weighted by molar-refractivity contribution is -0.384. The lowest BCUT2D eigenvalue weighted by Crippen LogP contribution is -2.29. The van der Waals surface area contributed by atoms with E-state index >= 15 is 0 Å². The largest absolute Gasteiger partial charge is 0.371 e. The zero-order valence-electron chi connectivity index (χ0n) is 12.4. The molecule has 1 aromatic rings. The maximum absolute atomic E-state index is 11.9. The zero-order valence-corrected chi connectivity index (χ0v) is 12.4. The number of carbonyl (C=O) groups is 2. The summed E-state index contributed by atoms with van der Waals surface area (Å²) in [5, 5.41) is 13.7. The molecule has 21 heavy (non-hydrogen) atoms. The topological polar surface area (TPSA) is 95.8 Å². The van der Waals surface area contributed by atoms with Crippen LogP contribution in [0.4, 0.5) is 11.4 Å². The SMILES string of the molecule is CN(C)C(=O)CNc1cc(C(=O)N(C)C)ccc1[N+](=O)[O-]. The van der Waals surface area contributed by atoms with Gasteiger partial charge < -0.3 is 15.1 Å². The zero-order chi connectivity index (χ0) is 16.2. The van der Waals surface area contributed by atoms with Crippen LogP contribution in [0.15, 0.2) is 18.2 Å². The second-order valence-electron chi connectivity index (χ2n) is 4.83. The van der Waals surface area contributed by atoms with Crippen molar-refractivity contribution in [2.24, 2.45) is 0 Å². The van der Waals surface area contributed by atoms with E-state index < -0.39 is 4.92 Å². The van der Waals surface area contributed by atoms with Gasteiger partial charge in [0.25, 0.3) is 11.6 Å². The summed E-state index contributed by atoms with van der Waals surface area (Å²) in [4.78, 5) is 36.6. The molecule has 0 aliphatic rings. The minimum atomic E-state index is -0.563. The van der Waals surface area contributed by atoms with Crippen LogP contribution in [0, 0.1) is 10.1 Å². The van der Waals surface area contributed by atoms with Crippen LogP contribution in [-0.4, -0.2) is 61.3 Å². The fraction of sp³-hybridized carbons (Fsp3) is 0.385. The quantitative estimate of drug-likeness (QED) is 0.640. The molecule has 8 nitrogen and oxygen atoms in total. The molecule has 1 aromatic carbocycles. The van der Waals surface area contributed by atoms with Crippen molar-refractivity contribution >= 4 is 23.2 Å². The van der Waals surface area contributed by atoms with Gasteiger partial charge in [0.05, 0.1) is 11.5 Å². The van der Waals surface area contributed by atoms with Gasteiger partial charge in [-0.15, -0.1) is 0 Å². The molecule has 0 fully saturated rings. The number of benzene rings is 1. The van der Waals surface area contributed by atoms with Crippen LogP contribution in [0.5, 0.6) is 0 Å². The molecule has 8 heteroatoms. The van der Waals surface area contributed by atoms with Gasteiger partial charge in [-0.3, -0.25) is 19.7 Å². The van der Waals surface area contributed by atoms with Crippen molar-refractivity contribution in [3.63, 3.8) is 0 Å². The number of hydrogen-bond acceptors (Lipinski definition) is 5. The molecule has 0 bridgehead atoms. The number of rotatable bonds is 5. The van der Waals surface area contributed by atoms with Gasteiger partial charge in [0.2, 0.25) is 5.91 Å². The second kappa shape index (κ2) is 6.69. The Hall–Kier alpha value is -2.64. The van der Waals surface area contributed by atoms with Crippen LogP contribution in [0.25, 0.3) is 0 Å². The summed E-state index contributed by atoms with van der Waals surface area (Å²) in [5.74, 6) is -0.500. The van der Waals surface area contributed by atoms with Crippen molar-refractivity contribution in [3.05, 3.63) is 33.9 Å². The molecule has 2 amide bonds. The normalized spacial score (nSPS) is 9.90. The Morgan fingerprint density at radius 3 is 2.29 bits per heavy atom. The predicted octanol–water partition coefficient (Wildman–Crippen LogP) is 0.797. The standard InChI is InChI=1S/C13H18N4O4/c1-15(2)12(18)8-14-10-7-9(13(19)16(3)4)5-6-11(10)17(20)21/h5-7,14H,8H2,1-4H3. The second-order valence-corrected chi connectivity index (χ2v) is 4.83. The number of amides is 2. The Balaban J connectivity index is 3.07. The first-order valence-corrected chi connectivity index (χ1v) is 6.18. The summed E-state index contributed by atoms with van der Waals surface area (Å²) >= 11 is 0. The van der Waals surface area contributed by atoms with Gasteiger partial charge in [-0.2, -0.15) is 0 Å². The number of nitrogens with one attached hydrogen (secondary N) is 1. The number of hydrogen-bond donors (Lipinski definition) is 1. The molecule has 0 aliphatic heterocycles. The molecule has 0 saturated carbocycles. The highest BCUT2D eigenvalue weighted by molar-refractivity contribution is 5.95. The summed E-state index contributed by atoms with van der Waals surface area (Å²) in [7, 11) is 6.35. The lowest BCUT2D eigenvalue weighted by atomic mass is 10.1.